The van der Waals surface area contributed by atoms with Gasteiger partial charge in [0.2, 0.25) is 11.8 Å². The van der Waals surface area contributed by atoms with Crippen molar-refractivity contribution in [2.24, 2.45) is 15.9 Å². The molecule has 36 heavy (non-hydrogen) atoms. The Morgan fingerprint density at radius 3 is 1.78 bits per heavy atom. The summed E-state index contributed by atoms with van der Waals surface area (Å²) in [6, 6.07) is 8.63. The van der Waals surface area contributed by atoms with Crippen LogP contribution in [0.25, 0.3) is 10.9 Å². The van der Waals surface area contributed by atoms with E-state index in [4.69, 9.17) is 19.5 Å². The molecule has 0 amide bonds. The molecule has 0 spiro atoms. The van der Waals surface area contributed by atoms with Crippen molar-refractivity contribution in [2.75, 3.05) is 13.2 Å². The number of para-hydroxylation sites is 1. The Morgan fingerprint density at radius 1 is 0.778 bits per heavy atom. The van der Waals surface area contributed by atoms with Gasteiger partial charge in [-0.15, -0.1) is 0 Å². The highest BCUT2D eigenvalue weighted by molar-refractivity contribution is 6.82. The van der Waals surface area contributed by atoms with Crippen LogP contribution < -0.4 is 0 Å². The van der Waals surface area contributed by atoms with E-state index in [0.29, 0.717) is 35.8 Å². The molecule has 0 saturated heterocycles. The summed E-state index contributed by atoms with van der Waals surface area (Å²) in [4.78, 5) is 10.2. The van der Waals surface area contributed by atoms with Crippen LogP contribution in [-0.2, 0) is 9.47 Å². The zero-order valence-corrected chi connectivity index (χ0v) is 25.5. The molecule has 5 nitrogen and oxygen atoms in total. The maximum atomic E-state index is 6.14. The second kappa shape index (κ2) is 11.5. The monoisotopic (exact) mass is 511 g/mol. The number of fused-ring (bicyclic) bond motifs is 1. The van der Waals surface area contributed by atoms with Crippen LogP contribution in [0.3, 0.4) is 0 Å². The Hall–Kier alpha value is -2.08. The lowest BCUT2D eigenvalue weighted by Crippen LogP contribution is -2.51. The van der Waals surface area contributed by atoms with Gasteiger partial charge in [-0.25, -0.2) is 9.98 Å². The van der Waals surface area contributed by atoms with E-state index >= 15 is 0 Å². The van der Waals surface area contributed by atoms with E-state index in [-0.39, 0.29) is 18.0 Å². The average molecular weight is 512 g/mol. The van der Waals surface area contributed by atoms with Crippen molar-refractivity contribution in [3.63, 3.8) is 0 Å². The fourth-order valence-corrected chi connectivity index (χ4v) is 13.4. The van der Waals surface area contributed by atoms with E-state index in [1.54, 1.807) is 0 Å². The molecule has 200 valence electrons. The lowest BCUT2D eigenvalue weighted by Gasteiger charge is -2.44. The first-order valence-corrected chi connectivity index (χ1v) is 16.2. The summed E-state index contributed by atoms with van der Waals surface area (Å²) in [5, 5.41) is 1.32. The highest BCUT2D eigenvalue weighted by Gasteiger charge is 2.46. The Labute approximate surface area is 220 Å². The molecule has 6 heteroatoms. The van der Waals surface area contributed by atoms with Crippen molar-refractivity contribution < 1.29 is 9.47 Å². The third kappa shape index (κ3) is 4.90. The predicted octanol–water partition coefficient (Wildman–Crippen LogP) is 8.05. The van der Waals surface area contributed by atoms with E-state index in [0.717, 1.165) is 11.8 Å². The minimum atomic E-state index is -1.93. The number of hydrogen-bond donors (Lipinski definition) is 0. The number of aliphatic imine (C=N–C) groups is 2. The molecule has 0 unspecified atom stereocenters. The second-order valence-corrected chi connectivity index (χ2v) is 17.3. The largest absolute Gasteiger partial charge is 0.480 e. The van der Waals surface area contributed by atoms with Crippen LogP contribution in [0.4, 0.5) is 0 Å². The van der Waals surface area contributed by atoms with E-state index < -0.39 is 8.24 Å². The van der Waals surface area contributed by atoms with Gasteiger partial charge in [0.15, 0.2) is 8.24 Å². The molecular weight excluding hydrogens is 462 g/mol. The molecule has 0 saturated carbocycles. The number of ether oxygens (including phenoxy) is 2. The standard InChI is InChI=1S/C30H49N3O2Si/c1-12-34-29-27(19(3)4)31-30(35-13-2)28(32-29)23(11)25-18-33(26-17-15-14-16-24(25)26)36(20(5)6,21(7)8)22(9)10/h14-23,27-28H,12-13H2,1-11H3/t23-,27-,28+/m1/s1. The van der Waals surface area contributed by atoms with Crippen LogP contribution in [0.1, 0.15) is 87.6 Å². The number of aromatic nitrogens is 1. The first-order valence-electron chi connectivity index (χ1n) is 14.0. The van der Waals surface area contributed by atoms with Crippen LogP contribution >= 0.6 is 0 Å². The van der Waals surface area contributed by atoms with Gasteiger partial charge in [0, 0.05) is 16.8 Å². The molecule has 1 aliphatic rings. The third-order valence-corrected chi connectivity index (χ3v) is 14.9. The zero-order valence-electron chi connectivity index (χ0n) is 24.5. The normalized spacial score (nSPS) is 19.9. The average Bonchev–Trinajstić information content (AvgIpc) is 3.19. The maximum Gasteiger partial charge on any atom is 0.210 e. The van der Waals surface area contributed by atoms with Gasteiger partial charge >= 0.3 is 0 Å². The highest BCUT2D eigenvalue weighted by atomic mass is 28.3. The molecule has 2 heterocycles. The smallest absolute Gasteiger partial charge is 0.210 e. The van der Waals surface area contributed by atoms with E-state index in [1.807, 2.05) is 13.8 Å². The molecule has 0 radical (unpaired) electrons. The number of nitrogens with zero attached hydrogens (tertiary/aromatic N) is 3. The summed E-state index contributed by atoms with van der Waals surface area (Å²) in [7, 11) is -1.93. The Kier molecular flexibility index (Phi) is 9.13. The quantitative estimate of drug-likeness (QED) is 0.320. The van der Waals surface area contributed by atoms with Gasteiger partial charge in [0.05, 0.1) is 13.2 Å². The van der Waals surface area contributed by atoms with Gasteiger partial charge in [0.25, 0.3) is 0 Å². The Bertz CT molecular complexity index is 1060. The molecule has 1 aliphatic heterocycles. The molecule has 2 aromatic rings. The van der Waals surface area contributed by atoms with Gasteiger partial charge in [-0.3, -0.25) is 0 Å². The summed E-state index contributed by atoms with van der Waals surface area (Å²) in [5.74, 6) is 1.87. The highest BCUT2D eigenvalue weighted by Crippen LogP contribution is 2.46. The van der Waals surface area contributed by atoms with Gasteiger partial charge < -0.3 is 13.7 Å². The summed E-state index contributed by atoms with van der Waals surface area (Å²) in [5.41, 5.74) is 4.51. The number of rotatable bonds is 9. The molecule has 0 N–H and O–H groups in total. The van der Waals surface area contributed by atoms with Crippen LogP contribution in [0.2, 0.25) is 16.6 Å². The summed E-state index contributed by atoms with van der Waals surface area (Å²) in [6.45, 7) is 26.4. The Balaban J connectivity index is 2.22. The van der Waals surface area contributed by atoms with Gasteiger partial charge in [-0.05, 0) is 54.2 Å². The number of benzene rings is 1. The van der Waals surface area contributed by atoms with Crippen molar-refractivity contribution >= 4 is 30.9 Å². The van der Waals surface area contributed by atoms with Crippen LogP contribution in [0, 0.1) is 5.92 Å². The lowest BCUT2D eigenvalue weighted by atomic mass is 9.91. The zero-order chi connectivity index (χ0) is 26.8. The van der Waals surface area contributed by atoms with E-state index in [2.05, 4.69) is 97.0 Å². The first kappa shape index (κ1) is 28.5. The molecule has 1 aromatic carbocycles. The second-order valence-electron chi connectivity index (χ2n) is 11.5. The predicted molar refractivity (Wildman–Crippen MR) is 157 cm³/mol. The molecule has 3 rings (SSSR count). The van der Waals surface area contributed by atoms with Crippen molar-refractivity contribution in [1.82, 2.24) is 4.23 Å². The molecule has 3 atom stereocenters. The fraction of sp³-hybridized carbons (Fsp3) is 0.667. The minimum absolute atomic E-state index is 0.0980. The fourth-order valence-electron chi connectivity index (χ4n) is 6.73. The number of hydrogen-bond acceptors (Lipinski definition) is 4. The lowest BCUT2D eigenvalue weighted by molar-refractivity contribution is 0.272. The third-order valence-electron chi connectivity index (χ3n) is 8.15. The molecule has 0 fully saturated rings. The SMILES string of the molecule is CCOC1=N[C@H](C(C)C)C(OCC)=N[C@H]1[C@H](C)c1cn([Si](C(C)C)(C(C)C)C(C)C)c2ccccc12. The van der Waals surface area contributed by atoms with Gasteiger partial charge in [-0.1, -0.05) is 80.5 Å². The summed E-state index contributed by atoms with van der Waals surface area (Å²) < 4.78 is 14.9. The van der Waals surface area contributed by atoms with E-state index in [9.17, 15) is 0 Å². The van der Waals surface area contributed by atoms with Crippen molar-refractivity contribution in [1.29, 1.82) is 0 Å². The Morgan fingerprint density at radius 2 is 1.28 bits per heavy atom. The van der Waals surface area contributed by atoms with E-state index in [1.165, 1.54) is 16.5 Å². The van der Waals surface area contributed by atoms with Crippen LogP contribution in [-0.4, -0.2) is 49.6 Å². The topological polar surface area (TPSA) is 48.1 Å². The van der Waals surface area contributed by atoms with Gasteiger partial charge in [-0.2, -0.15) is 0 Å². The summed E-state index contributed by atoms with van der Waals surface area (Å²) >= 11 is 0. The summed E-state index contributed by atoms with van der Waals surface area (Å²) in [6.07, 6.45) is 2.47. The molecule has 0 aliphatic carbocycles. The molecule has 1 aromatic heterocycles. The molecule has 0 bridgehead atoms. The van der Waals surface area contributed by atoms with Crippen molar-refractivity contribution in [3.8, 4) is 0 Å². The molecular formula is C30H49N3O2Si. The maximum absolute atomic E-state index is 6.14. The first-order chi connectivity index (χ1) is 17.0. The van der Waals surface area contributed by atoms with Crippen LogP contribution in [0.5, 0.6) is 0 Å². The van der Waals surface area contributed by atoms with Crippen molar-refractivity contribution in [2.45, 2.75) is 111 Å². The van der Waals surface area contributed by atoms with Crippen molar-refractivity contribution in [3.05, 3.63) is 36.0 Å². The van der Waals surface area contributed by atoms with Crippen LogP contribution in [0.15, 0.2) is 40.4 Å². The van der Waals surface area contributed by atoms with Gasteiger partial charge in [0.1, 0.15) is 12.1 Å². The minimum Gasteiger partial charge on any atom is -0.480 e.